The lowest BCUT2D eigenvalue weighted by Gasteiger charge is -2.21. The first-order valence-electron chi connectivity index (χ1n) is 6.37. The highest BCUT2D eigenvalue weighted by Crippen LogP contribution is 2.37. The van der Waals surface area contributed by atoms with E-state index in [1.165, 1.54) is 6.42 Å². The molecule has 0 radical (unpaired) electrons. The van der Waals surface area contributed by atoms with E-state index in [1.54, 1.807) is 0 Å². The van der Waals surface area contributed by atoms with Gasteiger partial charge in [0.1, 0.15) is 0 Å². The zero-order chi connectivity index (χ0) is 14.9. The van der Waals surface area contributed by atoms with Crippen molar-refractivity contribution in [3.05, 3.63) is 25.6 Å². The number of amidine groups is 1. The third-order valence-corrected chi connectivity index (χ3v) is 5.61. The molecule has 6 heteroatoms. The number of hydrogen-bond donors (Lipinski definition) is 1. The number of thioether (sulfide) groups is 1. The van der Waals surface area contributed by atoms with Crippen molar-refractivity contribution in [3.8, 4) is 0 Å². The summed E-state index contributed by atoms with van der Waals surface area (Å²) in [5.74, 6) is 0. The molecule has 0 aromatic heterocycles. The van der Waals surface area contributed by atoms with E-state index in [0.29, 0.717) is 10.7 Å². The molecule has 0 aliphatic carbocycles. The third-order valence-electron chi connectivity index (χ3n) is 2.80. The maximum absolute atomic E-state index is 4.62. The van der Waals surface area contributed by atoms with Gasteiger partial charge in [0, 0.05) is 18.7 Å². The standard InChI is InChI=1S/C14H17Br3N2S/c1-14(2,3)6-9-7-18-13(20-9)19-12-10(16)4-8(15)5-11(12)17/h4-5,9H,6-7H2,1-3H3,(H,18,19). The summed E-state index contributed by atoms with van der Waals surface area (Å²) in [6.45, 7) is 7.73. The Morgan fingerprint density at radius 3 is 2.40 bits per heavy atom. The number of nitrogens with zero attached hydrogens (tertiary/aromatic N) is 1. The van der Waals surface area contributed by atoms with Crippen molar-refractivity contribution in [2.75, 3.05) is 11.9 Å². The molecule has 110 valence electrons. The van der Waals surface area contributed by atoms with Crippen LogP contribution < -0.4 is 5.32 Å². The highest BCUT2D eigenvalue weighted by atomic mass is 79.9. The van der Waals surface area contributed by atoms with Crippen LogP contribution in [-0.2, 0) is 0 Å². The van der Waals surface area contributed by atoms with Gasteiger partial charge >= 0.3 is 0 Å². The summed E-state index contributed by atoms with van der Waals surface area (Å²) in [6, 6.07) is 4.06. The predicted molar refractivity (Wildman–Crippen MR) is 101 cm³/mol. The summed E-state index contributed by atoms with van der Waals surface area (Å²) in [5.41, 5.74) is 1.37. The normalized spacial score (nSPS) is 19.1. The monoisotopic (exact) mass is 482 g/mol. The summed E-state index contributed by atoms with van der Waals surface area (Å²) >= 11 is 12.5. The Hall–Kier alpha value is 0.480. The molecule has 1 aromatic rings. The zero-order valence-corrected chi connectivity index (χ0v) is 17.2. The van der Waals surface area contributed by atoms with E-state index in [4.69, 9.17) is 0 Å². The molecule has 1 N–H and O–H groups in total. The molecule has 1 atom stereocenters. The Morgan fingerprint density at radius 2 is 1.85 bits per heavy atom. The van der Waals surface area contributed by atoms with Crippen molar-refractivity contribution in [2.24, 2.45) is 10.4 Å². The molecule has 0 saturated carbocycles. The maximum Gasteiger partial charge on any atom is 0.161 e. The molecular formula is C14H17Br3N2S. The minimum absolute atomic E-state index is 0.349. The molecule has 0 fully saturated rings. The van der Waals surface area contributed by atoms with Crippen LogP contribution in [0.4, 0.5) is 5.69 Å². The van der Waals surface area contributed by atoms with Crippen LogP contribution in [0.5, 0.6) is 0 Å². The van der Waals surface area contributed by atoms with Gasteiger partial charge in [0.15, 0.2) is 5.17 Å². The first-order chi connectivity index (χ1) is 9.24. The fraction of sp³-hybridized carbons (Fsp3) is 0.500. The van der Waals surface area contributed by atoms with Crippen molar-refractivity contribution in [3.63, 3.8) is 0 Å². The van der Waals surface area contributed by atoms with E-state index < -0.39 is 0 Å². The topological polar surface area (TPSA) is 24.4 Å². The molecule has 0 amide bonds. The Labute approximate surface area is 150 Å². The van der Waals surface area contributed by atoms with Gasteiger partial charge in [0.05, 0.1) is 12.2 Å². The number of benzene rings is 1. The van der Waals surface area contributed by atoms with Crippen molar-refractivity contribution < 1.29 is 0 Å². The molecule has 0 bridgehead atoms. The quantitative estimate of drug-likeness (QED) is 0.533. The van der Waals surface area contributed by atoms with E-state index >= 15 is 0 Å². The van der Waals surface area contributed by atoms with Crippen LogP contribution in [0.2, 0.25) is 0 Å². The average molecular weight is 485 g/mol. The smallest absolute Gasteiger partial charge is 0.161 e. The van der Waals surface area contributed by atoms with Crippen LogP contribution in [-0.4, -0.2) is 17.0 Å². The van der Waals surface area contributed by atoms with E-state index in [9.17, 15) is 0 Å². The summed E-state index contributed by atoms with van der Waals surface area (Å²) in [6.07, 6.45) is 1.18. The second-order valence-corrected chi connectivity index (χ2v) is 9.93. The van der Waals surface area contributed by atoms with Crippen molar-refractivity contribution in [1.82, 2.24) is 0 Å². The lowest BCUT2D eigenvalue weighted by molar-refractivity contribution is 0.375. The van der Waals surface area contributed by atoms with Crippen molar-refractivity contribution in [1.29, 1.82) is 0 Å². The highest BCUT2D eigenvalue weighted by molar-refractivity contribution is 9.11. The molecule has 0 spiro atoms. The Kier molecular flexibility index (Phi) is 5.65. The van der Waals surface area contributed by atoms with Crippen molar-refractivity contribution >= 4 is 70.4 Å². The first-order valence-corrected chi connectivity index (χ1v) is 9.63. The summed E-state index contributed by atoms with van der Waals surface area (Å²) in [7, 11) is 0. The fourth-order valence-corrected chi connectivity index (χ4v) is 5.86. The number of nitrogens with one attached hydrogen (secondary N) is 1. The number of anilines is 1. The Bertz CT molecular complexity index is 515. The Balaban J connectivity index is 2.03. The largest absolute Gasteiger partial charge is 0.333 e. The Morgan fingerprint density at radius 1 is 1.25 bits per heavy atom. The van der Waals surface area contributed by atoms with Gasteiger partial charge in [0.2, 0.25) is 0 Å². The van der Waals surface area contributed by atoms with Crippen LogP contribution in [0.1, 0.15) is 27.2 Å². The van der Waals surface area contributed by atoms with Crippen LogP contribution in [0.15, 0.2) is 30.5 Å². The lowest BCUT2D eigenvalue weighted by Crippen LogP contribution is -2.16. The molecule has 1 aliphatic heterocycles. The zero-order valence-electron chi connectivity index (χ0n) is 11.6. The highest BCUT2D eigenvalue weighted by Gasteiger charge is 2.25. The molecule has 2 nitrogen and oxygen atoms in total. The molecule has 1 aromatic carbocycles. The van der Waals surface area contributed by atoms with Gasteiger partial charge in [-0.15, -0.1) is 0 Å². The molecule has 1 unspecified atom stereocenters. The van der Waals surface area contributed by atoms with Gasteiger partial charge in [-0.1, -0.05) is 48.5 Å². The molecular weight excluding hydrogens is 468 g/mol. The summed E-state index contributed by atoms with van der Waals surface area (Å²) < 4.78 is 3.07. The van der Waals surface area contributed by atoms with E-state index in [2.05, 4.69) is 78.9 Å². The van der Waals surface area contributed by atoms with Gasteiger partial charge in [0.25, 0.3) is 0 Å². The molecule has 20 heavy (non-hydrogen) atoms. The lowest BCUT2D eigenvalue weighted by atomic mass is 9.90. The van der Waals surface area contributed by atoms with E-state index in [-0.39, 0.29) is 0 Å². The summed E-state index contributed by atoms with van der Waals surface area (Å²) in [4.78, 5) is 4.62. The van der Waals surface area contributed by atoms with Crippen LogP contribution in [0, 0.1) is 5.41 Å². The van der Waals surface area contributed by atoms with Gasteiger partial charge in [-0.3, -0.25) is 4.99 Å². The number of halogens is 3. The number of hydrogen-bond acceptors (Lipinski definition) is 3. The predicted octanol–water partition coefficient (Wildman–Crippen LogP) is 6.29. The molecule has 0 saturated heterocycles. The van der Waals surface area contributed by atoms with E-state index in [1.807, 2.05) is 23.9 Å². The van der Waals surface area contributed by atoms with Gasteiger partial charge in [-0.25, -0.2) is 0 Å². The third kappa shape index (κ3) is 4.75. The van der Waals surface area contributed by atoms with Gasteiger partial charge < -0.3 is 5.32 Å². The van der Waals surface area contributed by atoms with Crippen LogP contribution in [0.3, 0.4) is 0 Å². The molecule has 1 heterocycles. The second kappa shape index (κ2) is 6.71. The number of aliphatic imine (C=N–C) groups is 1. The maximum atomic E-state index is 4.62. The fourth-order valence-electron chi connectivity index (χ4n) is 2.04. The SMILES string of the molecule is CC(C)(C)CC1CN=C(Nc2c(Br)cc(Br)cc2Br)S1. The van der Waals surface area contributed by atoms with Gasteiger partial charge in [-0.2, -0.15) is 0 Å². The number of rotatable bonds is 2. The molecule has 2 rings (SSSR count). The second-order valence-electron chi connectivity index (χ2n) is 6.02. The van der Waals surface area contributed by atoms with Crippen LogP contribution in [0.25, 0.3) is 0 Å². The van der Waals surface area contributed by atoms with Crippen LogP contribution >= 0.6 is 59.6 Å². The molecule has 1 aliphatic rings. The minimum atomic E-state index is 0.349. The first kappa shape index (κ1) is 16.8. The van der Waals surface area contributed by atoms with E-state index in [0.717, 1.165) is 30.8 Å². The summed E-state index contributed by atoms with van der Waals surface area (Å²) in [5, 5.41) is 5.00. The average Bonchev–Trinajstić information content (AvgIpc) is 2.68. The minimum Gasteiger partial charge on any atom is -0.333 e. The van der Waals surface area contributed by atoms with Gasteiger partial charge in [-0.05, 0) is 55.8 Å². The van der Waals surface area contributed by atoms with Crippen molar-refractivity contribution in [2.45, 2.75) is 32.4 Å².